The highest BCUT2D eigenvalue weighted by Gasteiger charge is 2.28. The predicted molar refractivity (Wildman–Crippen MR) is 149 cm³/mol. The minimum absolute atomic E-state index is 0.0185. The van der Waals surface area contributed by atoms with Crippen molar-refractivity contribution in [3.8, 4) is 11.5 Å². The van der Waals surface area contributed by atoms with E-state index in [1.165, 1.54) is 18.2 Å². The number of amides is 2. The number of piperidine rings is 1. The van der Waals surface area contributed by atoms with Crippen LogP contribution < -0.4 is 10.1 Å². The van der Waals surface area contributed by atoms with Crippen molar-refractivity contribution in [2.24, 2.45) is 5.92 Å². The summed E-state index contributed by atoms with van der Waals surface area (Å²) in [4.78, 5) is 30.0. The molecule has 1 atom stereocenters. The average molecular weight is 566 g/mol. The van der Waals surface area contributed by atoms with Crippen molar-refractivity contribution in [1.29, 1.82) is 0 Å². The van der Waals surface area contributed by atoms with Gasteiger partial charge in [-0.2, -0.15) is 0 Å². The molecular weight excluding hydrogens is 531 g/mol. The number of ether oxygens (including phenoxy) is 1. The lowest BCUT2D eigenvalue weighted by atomic mass is 9.96. The molecule has 0 radical (unpaired) electrons. The Morgan fingerprint density at radius 3 is 2.44 bits per heavy atom. The van der Waals surface area contributed by atoms with Crippen LogP contribution in [0.4, 0.5) is 13.2 Å². The number of benzene rings is 3. The normalized spacial score (nSPS) is 16.4. The van der Waals surface area contributed by atoms with E-state index in [0.29, 0.717) is 62.9 Å². The van der Waals surface area contributed by atoms with Gasteiger partial charge in [-0.05, 0) is 72.7 Å². The lowest BCUT2D eigenvalue weighted by Crippen LogP contribution is -2.46. The Kier molecular flexibility index (Phi) is 8.93. The Balaban J connectivity index is 1.10. The van der Waals surface area contributed by atoms with Crippen LogP contribution in [0, 0.1) is 23.4 Å². The molecule has 41 heavy (non-hydrogen) atoms. The van der Waals surface area contributed by atoms with Crippen molar-refractivity contribution in [2.45, 2.75) is 45.2 Å². The number of carbonyl (C=O) groups is 2. The largest absolute Gasteiger partial charge is 0.454 e. The molecule has 3 aromatic rings. The summed E-state index contributed by atoms with van der Waals surface area (Å²) in [7, 11) is 0. The van der Waals surface area contributed by atoms with Crippen molar-refractivity contribution < 1.29 is 27.5 Å². The fourth-order valence-electron chi connectivity index (χ4n) is 5.49. The van der Waals surface area contributed by atoms with E-state index in [-0.39, 0.29) is 29.3 Å². The molecule has 1 fully saturated rings. The van der Waals surface area contributed by atoms with Gasteiger partial charge in [-0.25, -0.2) is 13.2 Å². The molecular formula is C32H34F3N3O3. The molecule has 1 N–H and O–H groups in total. The van der Waals surface area contributed by atoms with Gasteiger partial charge < -0.3 is 19.9 Å². The Morgan fingerprint density at radius 1 is 0.976 bits per heavy atom. The van der Waals surface area contributed by atoms with Crippen molar-refractivity contribution in [3.05, 3.63) is 94.8 Å². The van der Waals surface area contributed by atoms with Crippen molar-refractivity contribution in [1.82, 2.24) is 15.1 Å². The van der Waals surface area contributed by atoms with Gasteiger partial charge in [-0.3, -0.25) is 9.59 Å². The second-order valence-corrected chi connectivity index (χ2v) is 11.0. The van der Waals surface area contributed by atoms with Gasteiger partial charge >= 0.3 is 0 Å². The van der Waals surface area contributed by atoms with E-state index in [9.17, 15) is 22.8 Å². The van der Waals surface area contributed by atoms with Crippen LogP contribution in [0.25, 0.3) is 0 Å². The molecule has 0 aromatic heterocycles. The van der Waals surface area contributed by atoms with Crippen LogP contribution in [0.5, 0.6) is 11.5 Å². The van der Waals surface area contributed by atoms with Crippen LogP contribution in [0.1, 0.15) is 47.7 Å². The van der Waals surface area contributed by atoms with Crippen LogP contribution in [-0.4, -0.2) is 53.8 Å². The number of halogens is 3. The zero-order valence-corrected chi connectivity index (χ0v) is 23.0. The Hall–Kier alpha value is -3.85. The van der Waals surface area contributed by atoms with Gasteiger partial charge in [-0.15, -0.1) is 0 Å². The molecule has 2 heterocycles. The van der Waals surface area contributed by atoms with Crippen LogP contribution >= 0.6 is 0 Å². The zero-order chi connectivity index (χ0) is 28.9. The molecule has 2 aliphatic heterocycles. The summed E-state index contributed by atoms with van der Waals surface area (Å²) in [6.07, 6.45) is 2.74. The lowest BCUT2D eigenvalue weighted by Gasteiger charge is -2.34. The topological polar surface area (TPSA) is 61.9 Å². The summed E-state index contributed by atoms with van der Waals surface area (Å²) < 4.78 is 45.9. The van der Waals surface area contributed by atoms with E-state index < -0.39 is 11.6 Å². The van der Waals surface area contributed by atoms with E-state index >= 15 is 0 Å². The minimum Gasteiger partial charge on any atom is -0.454 e. The van der Waals surface area contributed by atoms with Gasteiger partial charge in [0, 0.05) is 56.8 Å². The summed E-state index contributed by atoms with van der Waals surface area (Å²) >= 11 is 0. The first kappa shape index (κ1) is 28.7. The maximum absolute atomic E-state index is 14.0. The summed E-state index contributed by atoms with van der Waals surface area (Å²) in [5.74, 6) is -1.66. The Bertz CT molecular complexity index is 1390. The van der Waals surface area contributed by atoms with Crippen molar-refractivity contribution in [3.63, 3.8) is 0 Å². The van der Waals surface area contributed by atoms with Crippen LogP contribution in [-0.2, 0) is 17.8 Å². The molecule has 5 rings (SSSR count). The second-order valence-electron chi connectivity index (χ2n) is 11.0. The monoisotopic (exact) mass is 565 g/mol. The molecule has 216 valence electrons. The van der Waals surface area contributed by atoms with Crippen LogP contribution in [0.3, 0.4) is 0 Å². The first-order valence-corrected chi connectivity index (χ1v) is 14.1. The highest BCUT2D eigenvalue weighted by atomic mass is 19.1. The Labute approximate surface area is 238 Å². The SMILES string of the molecule is CC(CC(=O)N1CCC(NCc2ccc(F)cc2)CC1)CN1CCc2ccc(Oc3ccc(F)cc3F)cc2C1=O. The fourth-order valence-corrected chi connectivity index (χ4v) is 5.49. The smallest absolute Gasteiger partial charge is 0.254 e. The molecule has 6 nitrogen and oxygen atoms in total. The number of nitrogens with zero attached hydrogens (tertiary/aromatic N) is 2. The quantitative estimate of drug-likeness (QED) is 0.362. The minimum atomic E-state index is -0.820. The highest BCUT2D eigenvalue weighted by molar-refractivity contribution is 5.97. The maximum atomic E-state index is 14.0. The van der Waals surface area contributed by atoms with Crippen molar-refractivity contribution in [2.75, 3.05) is 26.2 Å². The highest BCUT2D eigenvalue weighted by Crippen LogP contribution is 2.29. The average Bonchev–Trinajstić information content (AvgIpc) is 2.96. The molecule has 2 amide bonds. The molecule has 0 spiro atoms. The van der Waals surface area contributed by atoms with E-state index in [1.807, 2.05) is 11.8 Å². The van der Waals surface area contributed by atoms with E-state index in [0.717, 1.165) is 36.1 Å². The van der Waals surface area contributed by atoms with Crippen molar-refractivity contribution >= 4 is 11.8 Å². The first-order valence-electron chi connectivity index (χ1n) is 14.1. The molecule has 1 saturated heterocycles. The summed E-state index contributed by atoms with van der Waals surface area (Å²) in [5.41, 5.74) is 2.40. The number of hydrogen-bond acceptors (Lipinski definition) is 4. The molecule has 0 aliphatic carbocycles. The molecule has 0 saturated carbocycles. The van der Waals surface area contributed by atoms with Crippen LogP contribution in [0.15, 0.2) is 60.7 Å². The third kappa shape index (κ3) is 7.27. The third-order valence-corrected chi connectivity index (χ3v) is 7.78. The third-order valence-electron chi connectivity index (χ3n) is 7.78. The number of nitrogens with one attached hydrogen (secondary N) is 1. The second kappa shape index (κ2) is 12.8. The maximum Gasteiger partial charge on any atom is 0.254 e. The fraction of sp³-hybridized carbons (Fsp3) is 0.375. The van der Waals surface area contributed by atoms with Gasteiger partial charge in [-0.1, -0.05) is 25.1 Å². The number of fused-ring (bicyclic) bond motifs is 1. The van der Waals surface area contributed by atoms with Crippen LogP contribution in [0.2, 0.25) is 0 Å². The predicted octanol–water partition coefficient (Wildman–Crippen LogP) is 5.70. The zero-order valence-electron chi connectivity index (χ0n) is 23.0. The van der Waals surface area contributed by atoms with E-state index in [4.69, 9.17) is 4.74 Å². The standard InChI is InChI=1S/C32H34F3N3O3/c1-21(16-31(39)37-14-11-26(12-15-37)36-19-22-2-5-24(33)6-3-22)20-38-13-10-23-4-8-27(18-28(23)32(38)40)41-30-9-7-25(34)17-29(30)35/h2-9,17-18,21,26,36H,10-16,19-20H2,1H3. The van der Waals surface area contributed by atoms with Gasteiger partial charge in [0.15, 0.2) is 11.6 Å². The summed E-state index contributed by atoms with van der Waals surface area (Å²) in [5, 5.41) is 3.50. The summed E-state index contributed by atoms with van der Waals surface area (Å²) in [6, 6.07) is 14.9. The summed E-state index contributed by atoms with van der Waals surface area (Å²) in [6.45, 7) is 5.02. The number of likely N-dealkylation sites (tertiary alicyclic amines) is 1. The van der Waals surface area contributed by atoms with Gasteiger partial charge in [0.2, 0.25) is 5.91 Å². The molecule has 9 heteroatoms. The van der Waals surface area contributed by atoms with E-state index in [2.05, 4.69) is 5.32 Å². The molecule has 0 bridgehead atoms. The molecule has 2 aliphatic rings. The number of rotatable bonds is 9. The van der Waals surface area contributed by atoms with Gasteiger partial charge in [0.1, 0.15) is 17.4 Å². The Morgan fingerprint density at radius 2 is 1.71 bits per heavy atom. The van der Waals surface area contributed by atoms with Gasteiger partial charge in [0.05, 0.1) is 0 Å². The lowest BCUT2D eigenvalue weighted by molar-refractivity contribution is -0.133. The number of carbonyl (C=O) groups excluding carboxylic acids is 2. The number of hydrogen-bond donors (Lipinski definition) is 1. The van der Waals surface area contributed by atoms with Gasteiger partial charge in [0.25, 0.3) is 5.91 Å². The van der Waals surface area contributed by atoms with E-state index in [1.54, 1.807) is 35.2 Å². The first-order chi connectivity index (χ1) is 19.7. The molecule has 3 aromatic carbocycles. The molecule has 1 unspecified atom stereocenters.